The second-order valence-corrected chi connectivity index (χ2v) is 7.22. The molecule has 3 aromatic rings. The molecule has 2 N–H and O–H groups in total. The Kier molecular flexibility index (Phi) is 4.85. The van der Waals surface area contributed by atoms with E-state index in [-0.39, 0.29) is 12.1 Å². The zero-order valence-electron chi connectivity index (χ0n) is 15.9. The Morgan fingerprint density at radius 3 is 3.00 bits per heavy atom. The minimum absolute atomic E-state index is 0.00466. The molecule has 0 bridgehead atoms. The Hall–Kier alpha value is -2.80. The summed E-state index contributed by atoms with van der Waals surface area (Å²) in [5.74, 6) is 0.995. The lowest BCUT2D eigenvalue weighted by atomic mass is 10.1. The third-order valence-electron chi connectivity index (χ3n) is 5.40. The van der Waals surface area contributed by atoms with Crippen molar-refractivity contribution in [3.63, 3.8) is 0 Å². The summed E-state index contributed by atoms with van der Waals surface area (Å²) >= 11 is 0. The molecule has 4 rings (SSSR count). The number of fused-ring (bicyclic) bond motifs is 1. The van der Waals surface area contributed by atoms with Crippen molar-refractivity contribution in [3.8, 4) is 0 Å². The number of imidazole rings is 1. The van der Waals surface area contributed by atoms with E-state index in [1.54, 1.807) is 0 Å². The Balaban J connectivity index is 1.33. The number of hydrogen-bond acceptors (Lipinski definition) is 3. The zero-order chi connectivity index (χ0) is 18.8. The van der Waals surface area contributed by atoms with Crippen LogP contribution in [-0.2, 0) is 13.5 Å². The molecule has 1 aliphatic heterocycles. The number of aromatic amines is 1. The van der Waals surface area contributed by atoms with Gasteiger partial charge in [0, 0.05) is 57.3 Å². The Morgan fingerprint density at radius 1 is 1.30 bits per heavy atom. The van der Waals surface area contributed by atoms with E-state index in [0.29, 0.717) is 13.1 Å². The number of nitrogens with zero attached hydrogens (tertiary/aromatic N) is 4. The van der Waals surface area contributed by atoms with Crippen LogP contribution in [0, 0.1) is 0 Å². The summed E-state index contributed by atoms with van der Waals surface area (Å²) in [5.41, 5.74) is 2.37. The monoisotopic (exact) mass is 366 g/mol. The van der Waals surface area contributed by atoms with E-state index in [2.05, 4.69) is 51.5 Å². The summed E-state index contributed by atoms with van der Waals surface area (Å²) in [6.45, 7) is 2.87. The maximum absolute atomic E-state index is 12.6. The molecule has 7 nitrogen and oxygen atoms in total. The van der Waals surface area contributed by atoms with Gasteiger partial charge in [-0.3, -0.25) is 4.90 Å². The predicted molar refractivity (Wildman–Crippen MR) is 106 cm³/mol. The first-order valence-corrected chi connectivity index (χ1v) is 9.38. The second-order valence-electron chi connectivity index (χ2n) is 7.22. The molecule has 1 atom stereocenters. The number of carbonyl (C=O) groups is 1. The lowest BCUT2D eigenvalue weighted by molar-refractivity contribution is 0.104. The average Bonchev–Trinajstić information content (AvgIpc) is 3.30. The summed E-state index contributed by atoms with van der Waals surface area (Å²) in [5, 5.41) is 4.28. The van der Waals surface area contributed by atoms with Gasteiger partial charge >= 0.3 is 6.03 Å². The zero-order valence-corrected chi connectivity index (χ0v) is 15.9. The molecular weight excluding hydrogens is 340 g/mol. The number of nitrogens with one attached hydrogen (secondary N) is 2. The van der Waals surface area contributed by atoms with Gasteiger partial charge < -0.3 is 19.8 Å². The van der Waals surface area contributed by atoms with Crippen LogP contribution in [0.5, 0.6) is 0 Å². The lowest BCUT2D eigenvalue weighted by Gasteiger charge is -2.38. The summed E-state index contributed by atoms with van der Waals surface area (Å²) in [6, 6.07) is 8.57. The number of amides is 2. The van der Waals surface area contributed by atoms with E-state index in [4.69, 9.17) is 0 Å². The quantitative estimate of drug-likeness (QED) is 0.743. The molecule has 1 fully saturated rings. The largest absolute Gasteiger partial charge is 0.361 e. The summed E-state index contributed by atoms with van der Waals surface area (Å²) in [6.07, 6.45) is 6.53. The maximum atomic E-state index is 12.6. The molecule has 27 heavy (non-hydrogen) atoms. The molecule has 1 aromatic carbocycles. The standard InChI is InChI=1S/C20H26N6O/c1-24-11-12-26(14-18(24)19-22-9-10-25(19)2)20(27)23-7-5-15-3-4-17-16(13-15)6-8-21-17/h3-4,6,8-10,13,18,21H,5,7,11-12,14H2,1-2H3,(H,23,27). The van der Waals surface area contributed by atoms with Crippen LogP contribution in [0.25, 0.3) is 10.9 Å². The molecule has 3 heterocycles. The Labute approximate surface area is 159 Å². The van der Waals surface area contributed by atoms with Crippen LogP contribution in [0.15, 0.2) is 42.9 Å². The van der Waals surface area contributed by atoms with Crippen molar-refractivity contribution in [1.82, 2.24) is 29.7 Å². The molecule has 0 radical (unpaired) electrons. The molecule has 0 saturated carbocycles. The molecule has 2 amide bonds. The van der Waals surface area contributed by atoms with Crippen molar-refractivity contribution in [3.05, 3.63) is 54.2 Å². The number of carbonyl (C=O) groups excluding carboxylic acids is 1. The smallest absolute Gasteiger partial charge is 0.317 e. The van der Waals surface area contributed by atoms with Gasteiger partial charge in [0.2, 0.25) is 0 Å². The molecule has 1 saturated heterocycles. The maximum Gasteiger partial charge on any atom is 0.317 e. The van der Waals surface area contributed by atoms with E-state index in [1.165, 1.54) is 10.9 Å². The van der Waals surface area contributed by atoms with Gasteiger partial charge in [0.05, 0.1) is 6.04 Å². The number of likely N-dealkylation sites (N-methyl/N-ethyl adjacent to an activating group) is 1. The van der Waals surface area contributed by atoms with Gasteiger partial charge in [-0.2, -0.15) is 0 Å². The highest BCUT2D eigenvalue weighted by atomic mass is 16.2. The lowest BCUT2D eigenvalue weighted by Crippen LogP contribution is -2.52. The molecule has 0 aliphatic carbocycles. The second kappa shape index (κ2) is 7.44. The number of H-pyrrole nitrogens is 1. The normalized spacial score (nSPS) is 18.1. The number of aryl methyl sites for hydroxylation is 1. The summed E-state index contributed by atoms with van der Waals surface area (Å²) in [7, 11) is 4.09. The first-order valence-electron chi connectivity index (χ1n) is 9.38. The topological polar surface area (TPSA) is 69.2 Å². The van der Waals surface area contributed by atoms with Crippen LogP contribution in [0.1, 0.15) is 17.4 Å². The number of urea groups is 1. The number of rotatable bonds is 4. The predicted octanol–water partition coefficient (Wildman–Crippen LogP) is 2.14. The first kappa shape index (κ1) is 17.6. The first-order chi connectivity index (χ1) is 13.1. The van der Waals surface area contributed by atoms with Crippen LogP contribution >= 0.6 is 0 Å². The van der Waals surface area contributed by atoms with Gasteiger partial charge in [-0.15, -0.1) is 0 Å². The minimum Gasteiger partial charge on any atom is -0.361 e. The number of benzene rings is 1. The highest BCUT2D eigenvalue weighted by molar-refractivity contribution is 5.80. The Morgan fingerprint density at radius 2 is 2.19 bits per heavy atom. The van der Waals surface area contributed by atoms with Crippen molar-refractivity contribution >= 4 is 16.9 Å². The van der Waals surface area contributed by atoms with Crippen molar-refractivity contribution in [2.45, 2.75) is 12.5 Å². The molecule has 2 aromatic heterocycles. The van der Waals surface area contributed by atoms with Crippen molar-refractivity contribution in [2.75, 3.05) is 33.2 Å². The highest BCUT2D eigenvalue weighted by Crippen LogP contribution is 2.22. The SMILES string of the molecule is CN1CCN(C(=O)NCCc2ccc3[nH]ccc3c2)CC1c1nccn1C. The van der Waals surface area contributed by atoms with Gasteiger partial charge in [-0.25, -0.2) is 9.78 Å². The molecule has 1 aliphatic rings. The van der Waals surface area contributed by atoms with Crippen molar-refractivity contribution in [2.24, 2.45) is 7.05 Å². The van der Waals surface area contributed by atoms with Crippen LogP contribution in [0.3, 0.4) is 0 Å². The van der Waals surface area contributed by atoms with E-state index < -0.39 is 0 Å². The third kappa shape index (κ3) is 3.68. The van der Waals surface area contributed by atoms with E-state index in [9.17, 15) is 4.79 Å². The van der Waals surface area contributed by atoms with E-state index >= 15 is 0 Å². The average molecular weight is 366 g/mol. The molecule has 7 heteroatoms. The van der Waals surface area contributed by atoms with E-state index in [1.807, 2.05) is 35.1 Å². The highest BCUT2D eigenvalue weighted by Gasteiger charge is 2.30. The third-order valence-corrected chi connectivity index (χ3v) is 5.40. The fraction of sp³-hybridized carbons (Fsp3) is 0.400. The van der Waals surface area contributed by atoms with Gasteiger partial charge in [0.25, 0.3) is 0 Å². The van der Waals surface area contributed by atoms with Crippen LogP contribution in [0.4, 0.5) is 4.79 Å². The molecule has 0 spiro atoms. The van der Waals surface area contributed by atoms with Gasteiger partial charge in [0.15, 0.2) is 0 Å². The van der Waals surface area contributed by atoms with Gasteiger partial charge in [-0.05, 0) is 42.6 Å². The summed E-state index contributed by atoms with van der Waals surface area (Å²) in [4.78, 5) is 24.5. The fourth-order valence-electron chi connectivity index (χ4n) is 3.72. The Bertz CT molecular complexity index is 929. The van der Waals surface area contributed by atoms with Crippen LogP contribution in [0.2, 0.25) is 0 Å². The molecule has 1 unspecified atom stereocenters. The number of hydrogen-bond donors (Lipinski definition) is 2. The fourth-order valence-corrected chi connectivity index (χ4v) is 3.72. The number of piperazine rings is 1. The van der Waals surface area contributed by atoms with Crippen molar-refractivity contribution in [1.29, 1.82) is 0 Å². The summed E-state index contributed by atoms with van der Waals surface area (Å²) < 4.78 is 2.03. The van der Waals surface area contributed by atoms with Crippen LogP contribution < -0.4 is 5.32 Å². The minimum atomic E-state index is 0.00466. The van der Waals surface area contributed by atoms with Gasteiger partial charge in [-0.1, -0.05) is 6.07 Å². The molecule has 142 valence electrons. The number of aromatic nitrogens is 3. The van der Waals surface area contributed by atoms with Gasteiger partial charge in [0.1, 0.15) is 5.82 Å². The van der Waals surface area contributed by atoms with Crippen molar-refractivity contribution < 1.29 is 4.79 Å². The van der Waals surface area contributed by atoms with E-state index in [0.717, 1.165) is 30.9 Å². The van der Waals surface area contributed by atoms with Crippen LogP contribution in [-0.4, -0.2) is 63.6 Å². The molecular formula is C20H26N6O.